The van der Waals surface area contributed by atoms with Gasteiger partial charge in [-0.05, 0) is 99.3 Å². The van der Waals surface area contributed by atoms with E-state index in [1.54, 1.807) is 0 Å². The fourth-order valence-electron chi connectivity index (χ4n) is 7.30. The average Bonchev–Trinajstić information content (AvgIpc) is 3.13. The smallest absolute Gasteiger partial charge is 0.340 e. The van der Waals surface area contributed by atoms with Crippen molar-refractivity contribution in [1.29, 1.82) is 0 Å². The van der Waals surface area contributed by atoms with Crippen molar-refractivity contribution in [2.45, 2.75) is 35.5 Å². The number of benzene rings is 7. The summed E-state index contributed by atoms with van der Waals surface area (Å²) in [5, 5.41) is 3.95. The first-order valence-electron chi connectivity index (χ1n) is 16.5. The number of fused-ring (bicyclic) bond motifs is 3. The molecule has 0 saturated carbocycles. The Balaban J connectivity index is 1.44. The zero-order chi connectivity index (χ0) is 34.5. The van der Waals surface area contributed by atoms with E-state index < -0.39 is 20.2 Å². The molecule has 6 nitrogen and oxygen atoms in total. The summed E-state index contributed by atoms with van der Waals surface area (Å²) in [5.41, 5.74) is 5.07. The van der Waals surface area contributed by atoms with Gasteiger partial charge in [-0.15, -0.1) is 0 Å². The molecule has 0 aliphatic heterocycles. The van der Waals surface area contributed by atoms with Gasteiger partial charge in [-0.1, -0.05) is 115 Å². The molecule has 0 bridgehead atoms. The van der Waals surface area contributed by atoms with E-state index in [2.05, 4.69) is 18.2 Å². The van der Waals surface area contributed by atoms with E-state index >= 15 is 0 Å². The van der Waals surface area contributed by atoms with Crippen molar-refractivity contribution < 1.29 is 25.6 Å². The second-order valence-corrected chi connectivity index (χ2v) is 15.4. The molecule has 7 aromatic rings. The van der Waals surface area contributed by atoms with Crippen molar-refractivity contribution in [1.82, 2.24) is 0 Å². The van der Waals surface area contributed by atoms with E-state index in [1.807, 2.05) is 109 Å². The summed E-state index contributed by atoms with van der Waals surface area (Å²) in [4.78, 5) is -0.203. The quantitative estimate of drug-likeness (QED) is 0.132. The third-order valence-electron chi connectivity index (χ3n) is 9.53. The van der Waals surface area contributed by atoms with Crippen LogP contribution in [0.5, 0.6) is 5.75 Å². The van der Waals surface area contributed by atoms with Gasteiger partial charge in [-0.2, -0.15) is 16.8 Å². The number of hydrogen-bond donors (Lipinski definition) is 1. The van der Waals surface area contributed by atoms with Crippen molar-refractivity contribution in [3.8, 4) is 39.1 Å². The molecule has 50 heavy (non-hydrogen) atoms. The third-order valence-corrected chi connectivity index (χ3v) is 11.8. The van der Waals surface area contributed by atoms with Gasteiger partial charge >= 0.3 is 10.1 Å². The Morgan fingerprint density at radius 2 is 1.06 bits per heavy atom. The minimum Gasteiger partial charge on any atom is -0.379 e. The fourth-order valence-corrected chi connectivity index (χ4v) is 9.44. The Morgan fingerprint density at radius 1 is 0.500 bits per heavy atom. The lowest BCUT2D eigenvalue weighted by Crippen LogP contribution is -2.17. The molecular formula is C42H32O6S2. The van der Waals surface area contributed by atoms with Gasteiger partial charge in [0.1, 0.15) is 10.6 Å². The molecule has 0 fully saturated rings. The van der Waals surface area contributed by atoms with E-state index in [9.17, 15) is 21.4 Å². The molecule has 7 aromatic carbocycles. The minimum atomic E-state index is -4.57. The van der Waals surface area contributed by atoms with Gasteiger partial charge < -0.3 is 4.18 Å². The van der Waals surface area contributed by atoms with Gasteiger partial charge in [0.25, 0.3) is 10.1 Å². The number of hydrogen-bond acceptors (Lipinski definition) is 5. The van der Waals surface area contributed by atoms with Crippen LogP contribution in [-0.2, 0) is 33.1 Å². The van der Waals surface area contributed by atoms with Crippen molar-refractivity contribution in [3.63, 3.8) is 0 Å². The maximum absolute atomic E-state index is 15.0. The van der Waals surface area contributed by atoms with Gasteiger partial charge in [-0.3, -0.25) is 4.55 Å². The van der Waals surface area contributed by atoms with Crippen LogP contribution in [-0.4, -0.2) is 21.4 Å². The summed E-state index contributed by atoms with van der Waals surface area (Å²) in [5.74, 6) is 0.0631. The highest BCUT2D eigenvalue weighted by molar-refractivity contribution is 7.87. The van der Waals surface area contributed by atoms with Crippen LogP contribution in [0.3, 0.4) is 0 Å². The van der Waals surface area contributed by atoms with Crippen molar-refractivity contribution >= 4 is 41.8 Å². The molecule has 0 saturated heterocycles. The minimum absolute atomic E-state index is 0.00690. The van der Waals surface area contributed by atoms with Crippen LogP contribution in [0.2, 0.25) is 0 Å². The molecule has 0 atom stereocenters. The van der Waals surface area contributed by atoms with E-state index in [-0.39, 0.29) is 15.5 Å². The highest BCUT2D eigenvalue weighted by atomic mass is 32.2. The topological polar surface area (TPSA) is 97.7 Å². The van der Waals surface area contributed by atoms with Crippen LogP contribution in [0.15, 0.2) is 149 Å². The Hall–Kier alpha value is -5.28. The SMILES string of the molecule is O=S(=O)(O)c1ccc(OS(=O)(=O)c2c(-c3ccccc3)cc(-c3cccc4ccccc34)cc2-c2cccc3ccccc23)c2c1CCCC2. The maximum atomic E-state index is 15.0. The van der Waals surface area contributed by atoms with Gasteiger partial charge in [0.15, 0.2) is 0 Å². The zero-order valence-corrected chi connectivity index (χ0v) is 28.5. The van der Waals surface area contributed by atoms with Crippen LogP contribution in [0, 0.1) is 0 Å². The lowest BCUT2D eigenvalue weighted by molar-refractivity contribution is 0.475. The van der Waals surface area contributed by atoms with E-state index in [1.165, 1.54) is 12.1 Å². The summed E-state index contributed by atoms with van der Waals surface area (Å²) < 4.78 is 70.5. The van der Waals surface area contributed by atoms with Crippen LogP contribution in [0.4, 0.5) is 0 Å². The third kappa shape index (κ3) is 5.75. The molecule has 8 rings (SSSR count). The maximum Gasteiger partial charge on any atom is 0.340 e. The first-order chi connectivity index (χ1) is 24.2. The van der Waals surface area contributed by atoms with E-state index in [0.29, 0.717) is 47.1 Å². The van der Waals surface area contributed by atoms with E-state index in [0.717, 1.165) is 44.7 Å². The Labute approximate surface area is 291 Å². The molecule has 0 unspecified atom stereocenters. The van der Waals surface area contributed by atoms with E-state index in [4.69, 9.17) is 4.18 Å². The highest BCUT2D eigenvalue weighted by Gasteiger charge is 2.31. The Kier molecular flexibility index (Phi) is 8.02. The van der Waals surface area contributed by atoms with Gasteiger partial charge in [0, 0.05) is 16.7 Å². The van der Waals surface area contributed by atoms with Crippen molar-refractivity contribution in [2.24, 2.45) is 0 Å². The standard InChI is InChI=1S/C42H32O6S2/c43-49(44,45)41-25-24-40(36-20-8-9-21-37(36)41)48-50(46,47)42-38(30-12-2-1-3-13-30)26-31(34-22-10-16-28-14-4-6-18-32(28)34)27-39(42)35-23-11-17-29-15-5-7-19-33(29)35/h1-7,10-19,22-27H,8-9,20-21H2,(H,43,44,45). The molecule has 248 valence electrons. The normalized spacial score (nSPS) is 13.3. The Morgan fingerprint density at radius 3 is 1.74 bits per heavy atom. The Bertz CT molecular complexity index is 2660. The number of rotatable bonds is 7. The molecule has 0 heterocycles. The van der Waals surface area contributed by atoms with Gasteiger partial charge in [0.2, 0.25) is 0 Å². The zero-order valence-electron chi connectivity index (χ0n) is 26.9. The second-order valence-electron chi connectivity index (χ2n) is 12.6. The molecule has 1 N–H and O–H groups in total. The summed E-state index contributed by atoms with van der Waals surface area (Å²) in [6.45, 7) is 0. The lowest BCUT2D eigenvalue weighted by atomic mass is 9.89. The first-order valence-corrected chi connectivity index (χ1v) is 19.3. The summed E-state index contributed by atoms with van der Waals surface area (Å²) in [6.07, 6.45) is 2.25. The lowest BCUT2D eigenvalue weighted by Gasteiger charge is -2.23. The highest BCUT2D eigenvalue weighted by Crippen LogP contribution is 2.45. The van der Waals surface area contributed by atoms with Crippen molar-refractivity contribution in [2.75, 3.05) is 0 Å². The molecule has 0 amide bonds. The van der Waals surface area contributed by atoms with Gasteiger partial charge in [-0.25, -0.2) is 0 Å². The molecule has 0 aromatic heterocycles. The largest absolute Gasteiger partial charge is 0.379 e. The summed E-state index contributed by atoms with van der Waals surface area (Å²) in [6, 6.07) is 43.8. The average molecular weight is 697 g/mol. The van der Waals surface area contributed by atoms with Crippen LogP contribution >= 0.6 is 0 Å². The molecule has 1 aliphatic carbocycles. The fraction of sp³-hybridized carbons (Fsp3) is 0.0952. The second kappa shape index (κ2) is 12.6. The molecule has 8 heteroatoms. The molecule has 0 radical (unpaired) electrons. The molecule has 0 spiro atoms. The first kappa shape index (κ1) is 32.0. The van der Waals surface area contributed by atoms with Crippen LogP contribution in [0.25, 0.3) is 54.9 Å². The predicted octanol–water partition coefficient (Wildman–Crippen LogP) is 9.89. The summed E-state index contributed by atoms with van der Waals surface area (Å²) >= 11 is 0. The van der Waals surface area contributed by atoms with Crippen LogP contribution in [0.1, 0.15) is 24.0 Å². The van der Waals surface area contributed by atoms with Crippen molar-refractivity contribution in [3.05, 3.63) is 151 Å². The predicted molar refractivity (Wildman–Crippen MR) is 198 cm³/mol. The van der Waals surface area contributed by atoms with Crippen LogP contribution < -0.4 is 4.18 Å². The molecule has 1 aliphatic rings. The van der Waals surface area contributed by atoms with Gasteiger partial charge in [0.05, 0.1) is 4.90 Å². The molecular weight excluding hydrogens is 665 g/mol. The monoisotopic (exact) mass is 696 g/mol. The summed E-state index contributed by atoms with van der Waals surface area (Å²) in [7, 11) is -9.09.